The lowest BCUT2D eigenvalue weighted by Crippen LogP contribution is -2.51. The predicted octanol–water partition coefficient (Wildman–Crippen LogP) is 4.03. The average molecular weight is 501 g/mol. The lowest BCUT2D eigenvalue weighted by Gasteiger charge is -2.47. The van der Waals surface area contributed by atoms with Crippen molar-refractivity contribution in [2.24, 2.45) is 17.8 Å². The number of carbonyl (C=O) groups is 1. The van der Waals surface area contributed by atoms with Crippen LogP contribution in [0, 0.1) is 23.6 Å². The van der Waals surface area contributed by atoms with Gasteiger partial charge in [-0.3, -0.25) is 4.79 Å². The number of hydrogen-bond donors (Lipinski definition) is 3. The van der Waals surface area contributed by atoms with Gasteiger partial charge in [0.15, 0.2) is 23.1 Å². The first-order valence-electron chi connectivity index (χ1n) is 10.8. The van der Waals surface area contributed by atoms with Crippen LogP contribution in [-0.4, -0.2) is 51.6 Å². The first-order chi connectivity index (χ1) is 16.5. The summed E-state index contributed by atoms with van der Waals surface area (Å²) in [7, 11) is 0. The quantitative estimate of drug-likeness (QED) is 0.370. The normalized spacial score (nSPS) is 23.9. The van der Waals surface area contributed by atoms with Crippen molar-refractivity contribution in [3.8, 4) is 22.8 Å². The molecule has 0 aromatic carbocycles. The number of aromatic amines is 1. The van der Waals surface area contributed by atoms with Crippen molar-refractivity contribution in [2.75, 3.05) is 5.32 Å². The summed E-state index contributed by atoms with van der Waals surface area (Å²) in [4.78, 5) is 32.5. The molecule has 4 heterocycles. The van der Waals surface area contributed by atoms with E-state index in [-0.39, 0.29) is 40.0 Å². The van der Waals surface area contributed by atoms with E-state index >= 15 is 4.39 Å². The Balaban J connectivity index is 1.49. The van der Waals surface area contributed by atoms with Gasteiger partial charge in [-0.1, -0.05) is 16.1 Å². The van der Waals surface area contributed by atoms with Gasteiger partial charge < -0.3 is 15.4 Å². The molecular formula is C21H18ClFN8O2S. The Morgan fingerprint density at radius 1 is 1.21 bits per heavy atom. The molecule has 2 atom stereocenters. The molecule has 0 unspecified atom stereocenters. The van der Waals surface area contributed by atoms with Crippen molar-refractivity contribution in [1.82, 2.24) is 34.5 Å². The lowest BCUT2D eigenvalue weighted by molar-refractivity contribution is -0.148. The highest BCUT2D eigenvalue weighted by molar-refractivity contribution is 7.03. The molecule has 174 valence electrons. The number of halogens is 2. The zero-order valence-corrected chi connectivity index (χ0v) is 19.1. The molecule has 0 saturated heterocycles. The highest BCUT2D eigenvalue weighted by Gasteiger charge is 2.47. The van der Waals surface area contributed by atoms with E-state index in [9.17, 15) is 9.90 Å². The number of aliphatic carboxylic acids is 1. The Morgan fingerprint density at radius 2 is 2.00 bits per heavy atom. The van der Waals surface area contributed by atoms with Crippen LogP contribution < -0.4 is 5.32 Å². The molecule has 34 heavy (non-hydrogen) atoms. The molecule has 13 heteroatoms. The summed E-state index contributed by atoms with van der Waals surface area (Å²) in [6.07, 6.45) is 6.61. The number of rotatable bonds is 5. The van der Waals surface area contributed by atoms with Crippen LogP contribution in [0.2, 0.25) is 5.15 Å². The number of hydrogen-bond acceptors (Lipinski definition) is 9. The number of aromatic nitrogens is 7. The molecule has 0 spiro atoms. The highest BCUT2D eigenvalue weighted by Crippen LogP contribution is 2.46. The van der Waals surface area contributed by atoms with Gasteiger partial charge in [0.1, 0.15) is 22.1 Å². The Labute approximate surface area is 201 Å². The van der Waals surface area contributed by atoms with Gasteiger partial charge in [0.25, 0.3) is 0 Å². The van der Waals surface area contributed by atoms with E-state index in [0.29, 0.717) is 16.7 Å². The third kappa shape index (κ3) is 3.48. The minimum Gasteiger partial charge on any atom is -0.481 e. The number of anilines is 1. The second-order valence-corrected chi connectivity index (χ2v) is 9.65. The van der Waals surface area contributed by atoms with Crippen LogP contribution in [0.4, 0.5) is 10.2 Å². The van der Waals surface area contributed by atoms with Gasteiger partial charge in [0.05, 0.1) is 17.7 Å². The molecule has 0 aliphatic heterocycles. The largest absolute Gasteiger partial charge is 0.481 e. The SMILES string of the molecule is O=C(O)[C@H]1C2CCC(CC2)[C@@H]1Nc1nc(-c2c[nH]c3ncc(Cl)nc23)nc(-c2csnn2)c1F. The van der Waals surface area contributed by atoms with E-state index in [4.69, 9.17) is 11.6 Å². The predicted molar refractivity (Wildman–Crippen MR) is 123 cm³/mol. The van der Waals surface area contributed by atoms with Gasteiger partial charge in [0.2, 0.25) is 0 Å². The Bertz CT molecular complexity index is 1390. The van der Waals surface area contributed by atoms with Gasteiger partial charge in [-0.15, -0.1) is 5.10 Å². The van der Waals surface area contributed by atoms with Gasteiger partial charge in [-0.2, -0.15) is 0 Å². The van der Waals surface area contributed by atoms with Crippen LogP contribution in [0.5, 0.6) is 0 Å². The molecular weight excluding hydrogens is 483 g/mol. The highest BCUT2D eigenvalue weighted by atomic mass is 35.5. The molecule has 3 fully saturated rings. The van der Waals surface area contributed by atoms with Gasteiger partial charge in [-0.25, -0.2) is 24.3 Å². The van der Waals surface area contributed by atoms with E-state index in [2.05, 4.69) is 39.8 Å². The maximum Gasteiger partial charge on any atom is 0.308 e. The molecule has 7 rings (SSSR count). The van der Waals surface area contributed by atoms with E-state index < -0.39 is 23.7 Å². The third-order valence-electron chi connectivity index (χ3n) is 6.85. The summed E-state index contributed by atoms with van der Waals surface area (Å²) in [5, 5.41) is 18.8. The standard InChI is InChI=1S/C21H18ClFN8O2S/c22-12-6-25-20-16(26-12)10(5-24-20)18-28-17(11-7-34-31-30-11)14(23)19(29-18)27-15-9-3-1-8(2-4-9)13(15)21(32)33/h5-9,13,15H,1-4H2,(H,24,25)(H,32,33)(H,27,28,29)/t8?,9?,13-,15-/m0/s1. The number of fused-ring (bicyclic) bond motifs is 4. The van der Waals surface area contributed by atoms with Crippen molar-refractivity contribution in [2.45, 2.75) is 31.7 Å². The van der Waals surface area contributed by atoms with E-state index in [1.807, 2.05) is 0 Å². The Morgan fingerprint density at radius 3 is 2.74 bits per heavy atom. The lowest BCUT2D eigenvalue weighted by atomic mass is 9.61. The first-order valence-corrected chi connectivity index (χ1v) is 12.1. The summed E-state index contributed by atoms with van der Waals surface area (Å²) in [6, 6.07) is -0.430. The van der Waals surface area contributed by atoms with Crippen molar-refractivity contribution >= 4 is 46.1 Å². The topological polar surface area (TPSA) is 142 Å². The monoisotopic (exact) mass is 500 g/mol. The summed E-state index contributed by atoms with van der Waals surface area (Å²) >= 11 is 7.12. The van der Waals surface area contributed by atoms with Crippen LogP contribution in [-0.2, 0) is 4.79 Å². The summed E-state index contributed by atoms with van der Waals surface area (Å²) in [6.45, 7) is 0. The minimum atomic E-state index is -0.868. The maximum atomic E-state index is 15.7. The smallest absolute Gasteiger partial charge is 0.308 e. The molecule has 0 radical (unpaired) electrons. The van der Waals surface area contributed by atoms with Crippen molar-refractivity contribution in [3.63, 3.8) is 0 Å². The van der Waals surface area contributed by atoms with Crippen LogP contribution >= 0.6 is 23.1 Å². The molecule has 4 aromatic rings. The summed E-state index contributed by atoms with van der Waals surface area (Å²) in [5.74, 6) is -1.86. The molecule has 3 aliphatic carbocycles. The van der Waals surface area contributed by atoms with E-state index in [1.54, 1.807) is 11.6 Å². The van der Waals surface area contributed by atoms with Crippen molar-refractivity contribution < 1.29 is 14.3 Å². The van der Waals surface area contributed by atoms with Crippen LogP contribution in [0.3, 0.4) is 0 Å². The number of nitrogens with zero attached hydrogens (tertiary/aromatic N) is 6. The van der Waals surface area contributed by atoms with Crippen LogP contribution in [0.15, 0.2) is 17.8 Å². The second kappa shape index (κ2) is 8.20. The third-order valence-corrected chi connectivity index (χ3v) is 7.54. The number of nitrogens with one attached hydrogen (secondary N) is 2. The Hall–Kier alpha value is -3.25. The van der Waals surface area contributed by atoms with Crippen LogP contribution in [0.25, 0.3) is 33.9 Å². The van der Waals surface area contributed by atoms with Gasteiger partial charge in [0, 0.05) is 17.6 Å². The fraction of sp³-hybridized carbons (Fsp3) is 0.381. The zero-order valence-electron chi connectivity index (χ0n) is 17.6. The number of carboxylic acids is 1. The van der Waals surface area contributed by atoms with Gasteiger partial charge >= 0.3 is 5.97 Å². The first kappa shape index (κ1) is 21.3. The second-order valence-electron chi connectivity index (χ2n) is 8.65. The molecule has 4 aromatic heterocycles. The molecule has 3 N–H and O–H groups in total. The maximum absolute atomic E-state index is 15.7. The fourth-order valence-corrected chi connectivity index (χ4v) is 5.89. The van der Waals surface area contributed by atoms with Crippen molar-refractivity contribution in [1.29, 1.82) is 0 Å². The molecule has 10 nitrogen and oxygen atoms in total. The van der Waals surface area contributed by atoms with Gasteiger partial charge in [-0.05, 0) is 49.1 Å². The van der Waals surface area contributed by atoms with Crippen LogP contribution in [0.1, 0.15) is 25.7 Å². The fourth-order valence-electron chi connectivity index (χ4n) is 5.31. The summed E-state index contributed by atoms with van der Waals surface area (Å²) in [5.41, 5.74) is 1.63. The molecule has 3 aliphatic rings. The molecule has 0 amide bonds. The Kier molecular flexibility index (Phi) is 5.14. The number of H-pyrrole nitrogens is 1. The molecule has 3 saturated carbocycles. The van der Waals surface area contributed by atoms with E-state index in [0.717, 1.165) is 37.2 Å². The number of carboxylic acid groups (broad SMARTS) is 1. The molecule has 2 bridgehead atoms. The average Bonchev–Trinajstić information content (AvgIpc) is 3.51. The zero-order chi connectivity index (χ0) is 23.4. The van der Waals surface area contributed by atoms with Crippen molar-refractivity contribution in [3.05, 3.63) is 28.7 Å². The minimum absolute atomic E-state index is 0.0292. The van der Waals surface area contributed by atoms with E-state index in [1.165, 1.54) is 6.20 Å². The summed E-state index contributed by atoms with van der Waals surface area (Å²) < 4.78 is 19.5.